The minimum Gasteiger partial charge on any atom is -0.384 e. The van der Waals surface area contributed by atoms with Gasteiger partial charge in [0.05, 0.1) is 5.56 Å². The maximum absolute atomic E-state index is 12.7. The number of aliphatic hydroxyl groups is 1. The maximum atomic E-state index is 12.7. The highest BCUT2D eigenvalue weighted by Gasteiger charge is 2.30. The zero-order valence-electron chi connectivity index (χ0n) is 10.9. The van der Waals surface area contributed by atoms with Crippen LogP contribution in [0.25, 0.3) is 10.9 Å². The molecule has 3 rings (SSSR count). The minimum atomic E-state index is -4.42. The predicted molar refractivity (Wildman–Crippen MR) is 73.8 cm³/mol. The van der Waals surface area contributed by atoms with Gasteiger partial charge in [0.25, 0.3) is 0 Å². The molecule has 2 N–H and O–H groups in total. The molecular formula is C16H12F3NO. The molecule has 2 nitrogen and oxygen atoms in total. The van der Waals surface area contributed by atoms with E-state index in [0.717, 1.165) is 23.0 Å². The summed E-state index contributed by atoms with van der Waals surface area (Å²) in [6.45, 7) is 0. The summed E-state index contributed by atoms with van der Waals surface area (Å²) in [6, 6.07) is 11.9. The molecule has 1 aromatic heterocycles. The normalized spacial score (nSPS) is 13.5. The van der Waals surface area contributed by atoms with Crippen molar-refractivity contribution in [1.29, 1.82) is 0 Å². The lowest BCUT2D eigenvalue weighted by Crippen LogP contribution is -2.07. The lowest BCUT2D eigenvalue weighted by atomic mass is 9.98. The number of aromatic nitrogens is 1. The summed E-state index contributed by atoms with van der Waals surface area (Å²) >= 11 is 0. The molecule has 108 valence electrons. The van der Waals surface area contributed by atoms with E-state index in [1.54, 1.807) is 24.4 Å². The predicted octanol–water partition coefficient (Wildman–Crippen LogP) is 4.27. The number of aliphatic hydroxyl groups excluding tert-OH is 1. The van der Waals surface area contributed by atoms with Crippen LogP contribution in [0.2, 0.25) is 0 Å². The Morgan fingerprint density at radius 1 is 0.952 bits per heavy atom. The van der Waals surface area contributed by atoms with Gasteiger partial charge < -0.3 is 10.1 Å². The van der Waals surface area contributed by atoms with Crippen LogP contribution in [0, 0.1) is 0 Å². The maximum Gasteiger partial charge on any atom is 0.416 e. The van der Waals surface area contributed by atoms with Crippen molar-refractivity contribution in [3.63, 3.8) is 0 Å². The number of nitrogens with one attached hydrogen (secondary N) is 1. The van der Waals surface area contributed by atoms with Gasteiger partial charge in [0, 0.05) is 11.7 Å². The Hall–Kier alpha value is -2.27. The highest BCUT2D eigenvalue weighted by Crippen LogP contribution is 2.32. The van der Waals surface area contributed by atoms with Gasteiger partial charge in [0.2, 0.25) is 0 Å². The van der Waals surface area contributed by atoms with Crippen LogP contribution in [-0.4, -0.2) is 10.1 Å². The molecule has 0 bridgehead atoms. The van der Waals surface area contributed by atoms with E-state index in [1.165, 1.54) is 12.1 Å². The van der Waals surface area contributed by atoms with Crippen molar-refractivity contribution in [2.75, 3.05) is 0 Å². The SMILES string of the molecule is OC(c1cccc(C(F)(F)F)c1)c1ccc2[nH]ccc2c1. The summed E-state index contributed by atoms with van der Waals surface area (Å²) in [4.78, 5) is 3.02. The molecule has 0 aliphatic heterocycles. The zero-order chi connectivity index (χ0) is 15.0. The first-order valence-electron chi connectivity index (χ1n) is 6.37. The Bertz CT molecular complexity index is 776. The van der Waals surface area contributed by atoms with Crippen molar-refractivity contribution in [2.24, 2.45) is 0 Å². The van der Waals surface area contributed by atoms with E-state index in [1.807, 2.05) is 6.07 Å². The quantitative estimate of drug-likeness (QED) is 0.727. The summed E-state index contributed by atoms with van der Waals surface area (Å²) in [7, 11) is 0. The van der Waals surface area contributed by atoms with Gasteiger partial charge in [-0.15, -0.1) is 0 Å². The van der Waals surface area contributed by atoms with Crippen LogP contribution >= 0.6 is 0 Å². The first-order chi connectivity index (χ1) is 9.95. The van der Waals surface area contributed by atoms with Crippen LogP contribution in [-0.2, 0) is 6.18 Å². The van der Waals surface area contributed by atoms with E-state index in [4.69, 9.17) is 0 Å². The second-order valence-electron chi connectivity index (χ2n) is 4.85. The lowest BCUT2D eigenvalue weighted by molar-refractivity contribution is -0.137. The third-order valence-corrected chi connectivity index (χ3v) is 3.42. The van der Waals surface area contributed by atoms with Crippen LogP contribution in [0.15, 0.2) is 54.7 Å². The topological polar surface area (TPSA) is 36.0 Å². The van der Waals surface area contributed by atoms with Crippen molar-refractivity contribution < 1.29 is 18.3 Å². The summed E-state index contributed by atoms with van der Waals surface area (Å²) in [6.07, 6.45) is -3.74. The molecule has 1 unspecified atom stereocenters. The van der Waals surface area contributed by atoms with Crippen LogP contribution in [0.4, 0.5) is 13.2 Å². The second-order valence-corrected chi connectivity index (χ2v) is 4.85. The number of benzene rings is 2. The van der Waals surface area contributed by atoms with E-state index in [0.29, 0.717) is 5.56 Å². The zero-order valence-corrected chi connectivity index (χ0v) is 10.9. The number of aromatic amines is 1. The molecule has 21 heavy (non-hydrogen) atoms. The Morgan fingerprint density at radius 2 is 1.71 bits per heavy atom. The standard InChI is InChI=1S/C16H12F3NO/c17-16(18,19)13-3-1-2-11(9-13)15(21)12-4-5-14-10(8-12)6-7-20-14/h1-9,15,20-21H. The van der Waals surface area contributed by atoms with Gasteiger partial charge in [-0.2, -0.15) is 13.2 Å². The summed E-state index contributed by atoms with van der Waals surface area (Å²) in [5.74, 6) is 0. The first kappa shape index (κ1) is 13.7. The molecule has 2 aromatic carbocycles. The van der Waals surface area contributed by atoms with Gasteiger partial charge in [0.15, 0.2) is 0 Å². The van der Waals surface area contributed by atoms with Gasteiger partial charge in [-0.1, -0.05) is 18.2 Å². The van der Waals surface area contributed by atoms with Crippen LogP contribution < -0.4 is 0 Å². The molecule has 0 radical (unpaired) electrons. The number of fused-ring (bicyclic) bond motifs is 1. The van der Waals surface area contributed by atoms with E-state index in [2.05, 4.69) is 4.98 Å². The number of hydrogen-bond donors (Lipinski definition) is 2. The highest BCUT2D eigenvalue weighted by atomic mass is 19.4. The van der Waals surface area contributed by atoms with E-state index >= 15 is 0 Å². The molecule has 0 spiro atoms. The fourth-order valence-electron chi connectivity index (χ4n) is 2.32. The van der Waals surface area contributed by atoms with Crippen molar-refractivity contribution in [3.05, 3.63) is 71.4 Å². The fraction of sp³-hybridized carbons (Fsp3) is 0.125. The summed E-state index contributed by atoms with van der Waals surface area (Å²) in [5.41, 5.74) is 0.929. The van der Waals surface area contributed by atoms with Crippen LogP contribution in [0.3, 0.4) is 0 Å². The Morgan fingerprint density at radius 3 is 2.48 bits per heavy atom. The van der Waals surface area contributed by atoms with Crippen molar-refractivity contribution in [3.8, 4) is 0 Å². The van der Waals surface area contributed by atoms with E-state index in [9.17, 15) is 18.3 Å². The van der Waals surface area contributed by atoms with Gasteiger partial charge in [-0.25, -0.2) is 0 Å². The van der Waals surface area contributed by atoms with Crippen molar-refractivity contribution in [1.82, 2.24) is 4.98 Å². The van der Waals surface area contributed by atoms with E-state index < -0.39 is 17.8 Å². The number of rotatable bonds is 2. The number of hydrogen-bond acceptors (Lipinski definition) is 1. The number of H-pyrrole nitrogens is 1. The monoisotopic (exact) mass is 291 g/mol. The molecule has 0 saturated carbocycles. The Labute approximate surface area is 118 Å². The van der Waals surface area contributed by atoms with Crippen LogP contribution in [0.1, 0.15) is 22.8 Å². The summed E-state index contributed by atoms with van der Waals surface area (Å²) < 4.78 is 38.1. The Balaban J connectivity index is 1.99. The first-order valence-corrected chi connectivity index (χ1v) is 6.37. The summed E-state index contributed by atoms with van der Waals surface area (Å²) in [5, 5.41) is 11.2. The molecule has 0 saturated heterocycles. The molecule has 3 aromatic rings. The largest absolute Gasteiger partial charge is 0.416 e. The average Bonchev–Trinajstić information content (AvgIpc) is 2.93. The molecule has 0 amide bonds. The fourth-order valence-corrected chi connectivity index (χ4v) is 2.32. The molecular weight excluding hydrogens is 279 g/mol. The van der Waals surface area contributed by atoms with Crippen molar-refractivity contribution >= 4 is 10.9 Å². The highest BCUT2D eigenvalue weighted by molar-refractivity contribution is 5.80. The van der Waals surface area contributed by atoms with Crippen LogP contribution in [0.5, 0.6) is 0 Å². The number of alkyl halides is 3. The van der Waals surface area contributed by atoms with Gasteiger partial charge in [-0.3, -0.25) is 0 Å². The average molecular weight is 291 g/mol. The molecule has 1 atom stereocenters. The van der Waals surface area contributed by atoms with E-state index in [-0.39, 0.29) is 5.56 Å². The lowest BCUT2D eigenvalue weighted by Gasteiger charge is -2.14. The second kappa shape index (κ2) is 4.93. The number of halogens is 3. The van der Waals surface area contributed by atoms with Gasteiger partial charge in [0.1, 0.15) is 6.10 Å². The molecule has 0 fully saturated rings. The molecule has 0 aliphatic carbocycles. The third-order valence-electron chi connectivity index (χ3n) is 3.42. The molecule has 0 aliphatic rings. The third kappa shape index (κ3) is 2.64. The van der Waals surface area contributed by atoms with Gasteiger partial charge in [-0.05, 0) is 46.8 Å². The van der Waals surface area contributed by atoms with Gasteiger partial charge >= 0.3 is 6.18 Å². The Kier molecular flexibility index (Phi) is 3.22. The smallest absolute Gasteiger partial charge is 0.384 e. The minimum absolute atomic E-state index is 0.222. The molecule has 1 heterocycles. The molecule has 5 heteroatoms. The van der Waals surface area contributed by atoms with Crippen molar-refractivity contribution in [2.45, 2.75) is 12.3 Å².